The predicted molar refractivity (Wildman–Crippen MR) is 144 cm³/mol. The van der Waals surface area contributed by atoms with Gasteiger partial charge in [-0.2, -0.15) is 18.3 Å². The molecule has 47 heavy (non-hydrogen) atoms. The number of fused-ring (bicyclic) bond motifs is 1. The third-order valence-corrected chi connectivity index (χ3v) is 8.66. The van der Waals surface area contributed by atoms with Crippen molar-refractivity contribution in [2.75, 3.05) is 0 Å². The normalized spacial score (nSPS) is 22.5. The smallest absolute Gasteiger partial charge is 0.344 e. The summed E-state index contributed by atoms with van der Waals surface area (Å²) in [6.07, 6.45) is -5.83. The first-order valence-corrected chi connectivity index (χ1v) is 14.5. The fourth-order valence-corrected chi connectivity index (χ4v) is 6.23. The summed E-state index contributed by atoms with van der Waals surface area (Å²) in [6, 6.07) is -0.222. The Kier molecular flexibility index (Phi) is 8.11. The molecular formula is C28H26F7N9O3. The van der Waals surface area contributed by atoms with Crippen molar-refractivity contribution in [2.24, 2.45) is 5.92 Å². The molecule has 1 saturated heterocycles. The van der Waals surface area contributed by atoms with E-state index in [1.165, 1.54) is 29.0 Å². The Morgan fingerprint density at radius 1 is 1.17 bits per heavy atom. The molecule has 6 rings (SSSR count). The van der Waals surface area contributed by atoms with Gasteiger partial charge in [-0.05, 0) is 66.5 Å². The zero-order valence-corrected chi connectivity index (χ0v) is 24.4. The molecule has 2 N–H and O–H groups in total. The van der Waals surface area contributed by atoms with Crippen LogP contribution in [0.5, 0.6) is 0 Å². The molecule has 0 unspecified atom stereocenters. The van der Waals surface area contributed by atoms with Crippen molar-refractivity contribution in [1.82, 2.24) is 45.5 Å². The van der Waals surface area contributed by atoms with Crippen LogP contribution in [0.25, 0.3) is 5.65 Å². The quantitative estimate of drug-likeness (QED) is 0.261. The molecule has 1 saturated carbocycles. The number of hydrogen-bond acceptors (Lipinski definition) is 9. The fraction of sp³-hybridized carbons (Fsp3) is 0.500. The van der Waals surface area contributed by atoms with Crippen molar-refractivity contribution in [3.05, 3.63) is 64.9 Å². The lowest BCUT2D eigenvalue weighted by Crippen LogP contribution is -2.40. The van der Waals surface area contributed by atoms with Crippen LogP contribution >= 0.6 is 0 Å². The summed E-state index contributed by atoms with van der Waals surface area (Å²) in [5.41, 5.74) is -2.29. The number of amides is 2. The van der Waals surface area contributed by atoms with Crippen molar-refractivity contribution in [3.63, 3.8) is 0 Å². The molecule has 0 spiro atoms. The SMILES string of the molecule is Cc1cc([C@]2(Cc3cnn4cc([C@@H](NC(=O)c5nonc5C(F)F)C5CCC(F)(F)CC5)nc4c3)C[C@@H](C(F)(F)F)NC2=O)ncn1. The molecule has 0 aromatic carbocycles. The number of rotatable bonds is 8. The van der Waals surface area contributed by atoms with E-state index in [0.29, 0.717) is 11.3 Å². The van der Waals surface area contributed by atoms with Crippen LogP contribution in [-0.2, 0) is 16.6 Å². The summed E-state index contributed by atoms with van der Waals surface area (Å²) in [5, 5.41) is 15.2. The highest BCUT2D eigenvalue weighted by Crippen LogP contribution is 2.43. The molecule has 2 fully saturated rings. The van der Waals surface area contributed by atoms with Crippen molar-refractivity contribution >= 4 is 17.5 Å². The molecule has 1 aliphatic carbocycles. The van der Waals surface area contributed by atoms with Gasteiger partial charge in [-0.15, -0.1) is 0 Å². The van der Waals surface area contributed by atoms with Gasteiger partial charge in [0, 0.05) is 18.5 Å². The second-order valence-corrected chi connectivity index (χ2v) is 11.9. The van der Waals surface area contributed by atoms with E-state index >= 15 is 0 Å². The van der Waals surface area contributed by atoms with E-state index in [4.69, 9.17) is 0 Å². The number of halogens is 7. The van der Waals surface area contributed by atoms with Gasteiger partial charge in [-0.25, -0.2) is 41.7 Å². The van der Waals surface area contributed by atoms with Crippen molar-refractivity contribution in [3.8, 4) is 0 Å². The lowest BCUT2D eigenvalue weighted by atomic mass is 9.76. The molecule has 19 heteroatoms. The number of imidazole rings is 1. The maximum absolute atomic E-state index is 14.0. The van der Waals surface area contributed by atoms with Gasteiger partial charge in [0.2, 0.25) is 17.5 Å². The third-order valence-electron chi connectivity index (χ3n) is 8.66. The summed E-state index contributed by atoms with van der Waals surface area (Å²) in [5.74, 6) is -5.44. The van der Waals surface area contributed by atoms with Crippen LogP contribution in [0.3, 0.4) is 0 Å². The molecule has 2 aliphatic rings. The molecule has 12 nitrogen and oxygen atoms in total. The zero-order chi connectivity index (χ0) is 33.7. The molecule has 0 radical (unpaired) electrons. The minimum Gasteiger partial charge on any atom is -0.344 e. The van der Waals surface area contributed by atoms with E-state index < -0.39 is 84.4 Å². The first-order valence-electron chi connectivity index (χ1n) is 14.5. The van der Waals surface area contributed by atoms with Crippen LogP contribution < -0.4 is 10.6 Å². The number of nitrogens with one attached hydrogen (secondary N) is 2. The van der Waals surface area contributed by atoms with Crippen LogP contribution in [0.4, 0.5) is 30.7 Å². The molecule has 1 aliphatic heterocycles. The van der Waals surface area contributed by atoms with Crippen LogP contribution in [0.15, 0.2) is 35.5 Å². The number of carbonyl (C=O) groups excluding carboxylic acids is 2. The Labute approximate surface area is 260 Å². The summed E-state index contributed by atoms with van der Waals surface area (Å²) in [6.45, 7) is 1.61. The van der Waals surface area contributed by atoms with E-state index in [-0.39, 0.29) is 36.3 Å². The standard InChI is InChI=1S/C28H26F7N9O3/c1-13-6-17(37-12-36-13)26(9-18(28(33,34)35)40-25(26)46)8-14-7-19-39-16(11-44(19)38-10-14)20(15-2-4-27(31,32)5-3-15)41-24(45)22-21(23(29)30)42-47-43-22/h6-7,10-12,15,18,20,23H,2-5,8-9H2,1H3,(H,40,46)(H,41,45)/t18-,20-,26-/m0/s1. The van der Waals surface area contributed by atoms with Crippen LogP contribution in [-0.4, -0.2) is 64.8 Å². The summed E-state index contributed by atoms with van der Waals surface area (Å²) in [4.78, 5) is 38.9. The zero-order valence-electron chi connectivity index (χ0n) is 24.4. The van der Waals surface area contributed by atoms with Gasteiger partial charge in [0.15, 0.2) is 11.3 Å². The Bertz CT molecular complexity index is 1800. The second kappa shape index (κ2) is 11.8. The molecule has 0 bridgehead atoms. The predicted octanol–water partition coefficient (Wildman–Crippen LogP) is 4.38. The average Bonchev–Trinajstić information content (AvgIpc) is 3.74. The Morgan fingerprint density at radius 2 is 1.91 bits per heavy atom. The van der Waals surface area contributed by atoms with Crippen LogP contribution in [0, 0.1) is 12.8 Å². The first-order chi connectivity index (χ1) is 22.1. The molecule has 4 aromatic rings. The van der Waals surface area contributed by atoms with Gasteiger partial charge >= 0.3 is 6.18 Å². The molecule has 5 heterocycles. The number of carbonyl (C=O) groups is 2. The topological polar surface area (TPSA) is 153 Å². The van der Waals surface area contributed by atoms with Gasteiger partial charge in [0.1, 0.15) is 12.4 Å². The third kappa shape index (κ3) is 6.34. The Hall–Kier alpha value is -4.71. The van der Waals surface area contributed by atoms with Crippen LogP contribution in [0.2, 0.25) is 0 Å². The number of aromatic nitrogens is 7. The number of hydrogen-bond donors (Lipinski definition) is 2. The summed E-state index contributed by atoms with van der Waals surface area (Å²) >= 11 is 0. The Morgan fingerprint density at radius 3 is 2.57 bits per heavy atom. The molecule has 4 aromatic heterocycles. The van der Waals surface area contributed by atoms with Gasteiger partial charge in [0.05, 0.1) is 35.2 Å². The fourth-order valence-electron chi connectivity index (χ4n) is 6.23. The highest BCUT2D eigenvalue weighted by molar-refractivity contribution is 5.93. The molecule has 2 amide bonds. The first kappa shape index (κ1) is 32.2. The van der Waals surface area contributed by atoms with Crippen LogP contribution in [0.1, 0.15) is 83.4 Å². The van der Waals surface area contributed by atoms with E-state index in [0.717, 1.165) is 6.33 Å². The number of alkyl halides is 7. The van der Waals surface area contributed by atoms with Crippen molar-refractivity contribution < 1.29 is 45.0 Å². The minimum absolute atomic E-state index is 0.0282. The maximum atomic E-state index is 14.0. The summed E-state index contributed by atoms with van der Waals surface area (Å²) < 4.78 is 102. The average molecular weight is 670 g/mol. The number of aryl methyl sites for hydroxylation is 1. The van der Waals surface area contributed by atoms with E-state index in [1.807, 2.05) is 5.32 Å². The molecular weight excluding hydrogens is 643 g/mol. The van der Waals surface area contributed by atoms with Crippen molar-refractivity contribution in [2.45, 2.75) is 81.5 Å². The summed E-state index contributed by atoms with van der Waals surface area (Å²) in [7, 11) is 0. The van der Waals surface area contributed by atoms with Gasteiger partial charge in [0.25, 0.3) is 12.3 Å². The van der Waals surface area contributed by atoms with E-state index in [2.05, 4.69) is 40.3 Å². The van der Waals surface area contributed by atoms with Gasteiger partial charge < -0.3 is 10.6 Å². The van der Waals surface area contributed by atoms with E-state index in [9.17, 15) is 40.3 Å². The second-order valence-electron chi connectivity index (χ2n) is 11.9. The maximum Gasteiger partial charge on any atom is 0.408 e. The van der Waals surface area contributed by atoms with Crippen molar-refractivity contribution in [1.29, 1.82) is 0 Å². The highest BCUT2D eigenvalue weighted by atomic mass is 19.4. The Balaban J connectivity index is 1.34. The molecule has 250 valence electrons. The van der Waals surface area contributed by atoms with Gasteiger partial charge in [-0.3, -0.25) is 9.59 Å². The highest BCUT2D eigenvalue weighted by Gasteiger charge is 2.57. The minimum atomic E-state index is -4.71. The van der Waals surface area contributed by atoms with Gasteiger partial charge in [-0.1, -0.05) is 0 Å². The molecule has 3 atom stereocenters. The monoisotopic (exact) mass is 669 g/mol. The lowest BCUT2D eigenvalue weighted by Gasteiger charge is -2.33. The number of nitrogens with zero attached hydrogens (tertiary/aromatic N) is 7. The largest absolute Gasteiger partial charge is 0.408 e. The lowest BCUT2D eigenvalue weighted by molar-refractivity contribution is -0.155. The van der Waals surface area contributed by atoms with E-state index in [1.54, 1.807) is 6.92 Å².